The van der Waals surface area contributed by atoms with Crippen LogP contribution in [0.5, 0.6) is 0 Å². The fraction of sp³-hybridized carbons (Fsp3) is 0. The molecule has 4 nitrogen and oxygen atoms in total. The Morgan fingerprint density at radius 1 is 1.23 bits per heavy atom. The van der Waals surface area contributed by atoms with E-state index in [-0.39, 0.29) is 5.91 Å². The van der Waals surface area contributed by atoms with Gasteiger partial charge in [0.25, 0.3) is 5.91 Å². The highest BCUT2D eigenvalue weighted by molar-refractivity contribution is 7.12. The monoisotopic (exact) mass is 330 g/mol. The predicted octanol–water partition coefficient (Wildman–Crippen LogP) is 4.43. The molecule has 0 atom stereocenters. The first-order valence-corrected chi connectivity index (χ1v) is 7.71. The highest BCUT2D eigenvalue weighted by Gasteiger charge is 2.05. The number of rotatable bonds is 4. The van der Waals surface area contributed by atoms with Gasteiger partial charge < -0.3 is 4.42 Å². The van der Waals surface area contributed by atoms with Crippen LogP contribution in [0.4, 0.5) is 0 Å². The second kappa shape index (κ2) is 6.60. The Kier molecular flexibility index (Phi) is 4.37. The zero-order valence-electron chi connectivity index (χ0n) is 11.3. The molecule has 0 unspecified atom stereocenters. The molecule has 1 aromatic carbocycles. The minimum atomic E-state index is -0.243. The van der Waals surface area contributed by atoms with Crippen LogP contribution in [0.1, 0.15) is 15.4 Å². The molecule has 22 heavy (non-hydrogen) atoms. The number of hydrogen-bond donors (Lipinski definition) is 1. The van der Waals surface area contributed by atoms with Crippen molar-refractivity contribution in [2.24, 2.45) is 5.10 Å². The van der Waals surface area contributed by atoms with Crippen molar-refractivity contribution >= 4 is 35.1 Å². The molecule has 0 aliphatic heterocycles. The first kappa shape index (κ1) is 14.6. The van der Waals surface area contributed by atoms with Gasteiger partial charge in [-0.05, 0) is 35.7 Å². The lowest BCUT2D eigenvalue weighted by molar-refractivity contribution is 0.0959. The van der Waals surface area contributed by atoms with Crippen molar-refractivity contribution in [1.29, 1.82) is 0 Å². The minimum absolute atomic E-state index is 0.243. The summed E-state index contributed by atoms with van der Waals surface area (Å²) < 4.78 is 5.64. The molecule has 1 amide bonds. The molecule has 0 fully saturated rings. The largest absolute Gasteiger partial charge is 0.455 e. The van der Waals surface area contributed by atoms with Crippen molar-refractivity contribution in [3.05, 3.63) is 69.6 Å². The summed E-state index contributed by atoms with van der Waals surface area (Å²) in [4.78, 5) is 12.3. The summed E-state index contributed by atoms with van der Waals surface area (Å²) >= 11 is 7.31. The molecule has 2 heterocycles. The van der Waals surface area contributed by atoms with Crippen molar-refractivity contribution in [2.75, 3.05) is 0 Å². The van der Waals surface area contributed by atoms with Crippen molar-refractivity contribution in [3.63, 3.8) is 0 Å². The maximum atomic E-state index is 11.7. The molecule has 0 aliphatic carbocycles. The van der Waals surface area contributed by atoms with Crippen LogP contribution in [-0.4, -0.2) is 12.1 Å². The molecule has 0 radical (unpaired) electrons. The molecule has 0 aliphatic rings. The van der Waals surface area contributed by atoms with Crippen LogP contribution in [0.3, 0.4) is 0 Å². The Balaban J connectivity index is 1.67. The number of nitrogens with zero attached hydrogens (tertiary/aromatic N) is 1. The molecular formula is C16H11ClN2O2S. The Morgan fingerprint density at radius 3 is 2.91 bits per heavy atom. The fourth-order valence-corrected chi connectivity index (χ4v) is 2.64. The zero-order valence-corrected chi connectivity index (χ0v) is 12.9. The molecule has 0 saturated heterocycles. The summed E-state index contributed by atoms with van der Waals surface area (Å²) in [5.41, 5.74) is 3.34. The van der Waals surface area contributed by atoms with Gasteiger partial charge in [0.2, 0.25) is 0 Å². The lowest BCUT2D eigenvalue weighted by Gasteiger charge is -1.97. The van der Waals surface area contributed by atoms with Crippen LogP contribution in [0.15, 0.2) is 63.4 Å². The third-order valence-electron chi connectivity index (χ3n) is 2.84. The molecule has 110 valence electrons. The first-order chi connectivity index (χ1) is 10.7. The second-order valence-corrected chi connectivity index (χ2v) is 5.77. The van der Waals surface area contributed by atoms with E-state index >= 15 is 0 Å². The molecule has 1 N–H and O–H groups in total. The molecule has 0 saturated carbocycles. The van der Waals surface area contributed by atoms with Crippen molar-refractivity contribution in [1.82, 2.24) is 5.43 Å². The van der Waals surface area contributed by atoms with Gasteiger partial charge >= 0.3 is 0 Å². The molecule has 0 bridgehead atoms. The number of hydrogen-bond acceptors (Lipinski definition) is 4. The van der Waals surface area contributed by atoms with Gasteiger partial charge in [0.1, 0.15) is 11.5 Å². The molecular weight excluding hydrogens is 320 g/mol. The summed E-state index contributed by atoms with van der Waals surface area (Å²) in [5.74, 6) is 0.989. The van der Waals surface area contributed by atoms with E-state index < -0.39 is 0 Å². The number of hydrazone groups is 1. The van der Waals surface area contributed by atoms with Crippen LogP contribution in [-0.2, 0) is 0 Å². The van der Waals surface area contributed by atoms with Crippen LogP contribution >= 0.6 is 22.9 Å². The quantitative estimate of drug-likeness (QED) is 0.568. The summed E-state index contributed by atoms with van der Waals surface area (Å²) in [7, 11) is 0. The van der Waals surface area contributed by atoms with Crippen LogP contribution in [0.2, 0.25) is 5.02 Å². The second-order valence-electron chi connectivity index (χ2n) is 4.39. The van der Waals surface area contributed by atoms with Crippen LogP contribution < -0.4 is 5.43 Å². The normalized spacial score (nSPS) is 11.0. The average Bonchev–Trinajstić information content (AvgIpc) is 3.19. The maximum absolute atomic E-state index is 11.7. The van der Waals surface area contributed by atoms with E-state index in [1.807, 2.05) is 35.7 Å². The minimum Gasteiger partial charge on any atom is -0.455 e. The van der Waals surface area contributed by atoms with Crippen LogP contribution in [0, 0.1) is 0 Å². The Hall–Kier alpha value is -2.37. The van der Waals surface area contributed by atoms with Gasteiger partial charge in [-0.2, -0.15) is 5.10 Å². The maximum Gasteiger partial charge on any atom is 0.281 e. The van der Waals surface area contributed by atoms with E-state index in [4.69, 9.17) is 16.0 Å². The fourth-order valence-electron chi connectivity index (χ4n) is 1.84. The van der Waals surface area contributed by atoms with Crippen molar-refractivity contribution < 1.29 is 9.21 Å². The number of amides is 1. The van der Waals surface area contributed by atoms with Crippen molar-refractivity contribution in [3.8, 4) is 11.3 Å². The number of furan rings is 1. The van der Waals surface area contributed by atoms with Gasteiger partial charge in [-0.15, -0.1) is 11.3 Å². The van der Waals surface area contributed by atoms with E-state index in [1.165, 1.54) is 17.6 Å². The molecule has 0 spiro atoms. The van der Waals surface area contributed by atoms with Gasteiger partial charge in [0, 0.05) is 10.6 Å². The average molecular weight is 331 g/mol. The topological polar surface area (TPSA) is 54.6 Å². The summed E-state index contributed by atoms with van der Waals surface area (Å²) in [5, 5.41) is 6.37. The lowest BCUT2D eigenvalue weighted by Crippen LogP contribution is -2.15. The highest BCUT2D eigenvalue weighted by atomic mass is 35.5. The number of halogens is 1. The van der Waals surface area contributed by atoms with E-state index in [2.05, 4.69) is 10.5 Å². The zero-order chi connectivity index (χ0) is 15.4. The predicted molar refractivity (Wildman–Crippen MR) is 88.5 cm³/mol. The third kappa shape index (κ3) is 3.44. The highest BCUT2D eigenvalue weighted by Crippen LogP contribution is 2.24. The van der Waals surface area contributed by atoms with E-state index in [0.717, 1.165) is 5.56 Å². The molecule has 6 heteroatoms. The van der Waals surface area contributed by atoms with Crippen molar-refractivity contribution in [2.45, 2.75) is 0 Å². The van der Waals surface area contributed by atoms with E-state index in [9.17, 15) is 4.79 Å². The van der Waals surface area contributed by atoms with Gasteiger partial charge in [0.15, 0.2) is 0 Å². The standard InChI is InChI=1S/C16H11ClN2O2S/c17-12-4-1-3-11(9-12)14-7-6-13(21-14)10-18-19-16(20)15-5-2-8-22-15/h1-10H,(H,19,20). The summed E-state index contributed by atoms with van der Waals surface area (Å²) in [6.07, 6.45) is 1.46. The smallest absolute Gasteiger partial charge is 0.281 e. The SMILES string of the molecule is O=C(NN=Cc1ccc(-c2cccc(Cl)c2)o1)c1cccs1. The summed E-state index contributed by atoms with van der Waals surface area (Å²) in [6.45, 7) is 0. The molecule has 3 rings (SSSR count). The summed E-state index contributed by atoms with van der Waals surface area (Å²) in [6, 6.07) is 14.5. The van der Waals surface area contributed by atoms with Gasteiger partial charge in [-0.25, -0.2) is 5.43 Å². The first-order valence-electron chi connectivity index (χ1n) is 6.45. The van der Waals surface area contributed by atoms with Gasteiger partial charge in [0.05, 0.1) is 11.1 Å². The number of thiophene rings is 1. The van der Waals surface area contributed by atoms with E-state index in [0.29, 0.717) is 21.4 Å². The van der Waals surface area contributed by atoms with Crippen LogP contribution in [0.25, 0.3) is 11.3 Å². The van der Waals surface area contributed by atoms with Gasteiger partial charge in [-0.3, -0.25) is 4.79 Å². The third-order valence-corrected chi connectivity index (χ3v) is 3.94. The Morgan fingerprint density at radius 2 is 2.14 bits per heavy atom. The van der Waals surface area contributed by atoms with E-state index in [1.54, 1.807) is 18.2 Å². The van der Waals surface area contributed by atoms with Gasteiger partial charge in [-0.1, -0.05) is 29.8 Å². The Labute approximate surface area is 136 Å². The number of nitrogens with one attached hydrogen (secondary N) is 1. The molecule has 2 aromatic heterocycles. The number of carbonyl (C=O) groups excluding carboxylic acids is 1. The molecule has 3 aromatic rings. The number of carbonyl (C=O) groups is 1. The Bertz CT molecular complexity index is 809. The lowest BCUT2D eigenvalue weighted by atomic mass is 10.2. The number of benzene rings is 1.